The second-order valence-corrected chi connectivity index (χ2v) is 6.64. The van der Waals surface area contributed by atoms with Crippen molar-refractivity contribution in [2.24, 2.45) is 0 Å². The van der Waals surface area contributed by atoms with E-state index >= 15 is 0 Å². The topological polar surface area (TPSA) is 97.2 Å². The molecule has 0 saturated heterocycles. The number of alkyl carbamates (subject to hydrolysis) is 1. The number of hydrogen-bond acceptors (Lipinski definition) is 6. The molecule has 2 atom stereocenters. The zero-order valence-electron chi connectivity index (χ0n) is 16.6. The van der Waals surface area contributed by atoms with Gasteiger partial charge in [-0.05, 0) is 37.1 Å². The van der Waals surface area contributed by atoms with Crippen LogP contribution in [0.25, 0.3) is 0 Å². The molecule has 0 heterocycles. The smallest absolute Gasteiger partial charge is 0.407 e. The van der Waals surface area contributed by atoms with Crippen LogP contribution in [0.15, 0.2) is 42.5 Å². The molecule has 2 aromatic carbocycles. The number of carbonyl (C=O) groups excluding carboxylic acids is 1. The van der Waals surface area contributed by atoms with Gasteiger partial charge in [-0.1, -0.05) is 30.3 Å². The summed E-state index contributed by atoms with van der Waals surface area (Å²) < 4.78 is 30.1. The number of aliphatic hydroxyl groups excluding tert-OH is 2. The van der Waals surface area contributed by atoms with Crippen LogP contribution in [0.1, 0.15) is 31.1 Å². The molecule has 3 N–H and O–H groups in total. The van der Waals surface area contributed by atoms with Crippen molar-refractivity contribution >= 4 is 6.09 Å². The van der Waals surface area contributed by atoms with Crippen LogP contribution in [0.3, 0.4) is 0 Å². The highest BCUT2D eigenvalue weighted by Crippen LogP contribution is 2.35. The maximum Gasteiger partial charge on any atom is 0.407 e. The molecule has 0 aliphatic carbocycles. The van der Waals surface area contributed by atoms with Crippen molar-refractivity contribution in [1.82, 2.24) is 5.32 Å². The second kappa shape index (κ2) is 10.6. The highest BCUT2D eigenvalue weighted by molar-refractivity contribution is 5.67. The van der Waals surface area contributed by atoms with E-state index in [1.165, 1.54) is 13.2 Å². The summed E-state index contributed by atoms with van der Waals surface area (Å²) in [5.41, 5.74) is 0.897. The van der Waals surface area contributed by atoms with Gasteiger partial charge in [0.15, 0.2) is 17.3 Å². The van der Waals surface area contributed by atoms with Crippen LogP contribution < -0.4 is 14.8 Å². The van der Waals surface area contributed by atoms with Gasteiger partial charge in [-0.2, -0.15) is 0 Å². The molecule has 0 saturated carbocycles. The molecule has 0 radical (unpaired) electrons. The zero-order valence-corrected chi connectivity index (χ0v) is 16.6. The van der Waals surface area contributed by atoms with Gasteiger partial charge in [0.05, 0.1) is 25.9 Å². The van der Waals surface area contributed by atoms with E-state index in [1.54, 1.807) is 26.0 Å². The van der Waals surface area contributed by atoms with E-state index in [-0.39, 0.29) is 29.8 Å². The molecule has 1 amide bonds. The maximum atomic E-state index is 14.5. The van der Waals surface area contributed by atoms with Crippen molar-refractivity contribution in [3.63, 3.8) is 0 Å². The third kappa shape index (κ3) is 6.33. The zero-order chi connectivity index (χ0) is 21.4. The summed E-state index contributed by atoms with van der Waals surface area (Å²) >= 11 is 0. The highest BCUT2D eigenvalue weighted by Gasteiger charge is 2.26. The van der Waals surface area contributed by atoms with E-state index in [1.807, 2.05) is 18.2 Å². The van der Waals surface area contributed by atoms with Gasteiger partial charge in [-0.25, -0.2) is 9.18 Å². The molecule has 0 unspecified atom stereocenters. The lowest BCUT2D eigenvalue weighted by atomic mass is 10.0. The molecule has 8 heteroatoms. The number of rotatable bonds is 9. The molecule has 7 nitrogen and oxygen atoms in total. The second-order valence-electron chi connectivity index (χ2n) is 6.64. The summed E-state index contributed by atoms with van der Waals surface area (Å²) in [7, 11) is 1.35. The number of benzene rings is 2. The van der Waals surface area contributed by atoms with E-state index < -0.39 is 30.7 Å². The number of nitrogens with one attached hydrogen (secondary N) is 1. The molecule has 0 spiro atoms. The predicted octanol–water partition coefficient (Wildman–Crippen LogP) is 2.94. The number of hydrogen-bond donors (Lipinski definition) is 3. The van der Waals surface area contributed by atoms with Crippen LogP contribution in [-0.2, 0) is 11.3 Å². The fourth-order valence-corrected chi connectivity index (χ4v) is 2.63. The normalized spacial score (nSPS) is 12.9. The maximum absolute atomic E-state index is 14.5. The first-order chi connectivity index (χ1) is 13.8. The van der Waals surface area contributed by atoms with Gasteiger partial charge in [0.2, 0.25) is 0 Å². The third-order valence-corrected chi connectivity index (χ3v) is 4.04. The standard InChI is InChI=1S/C21H26FNO6/c1-13(2)29-20-16(22)9-15(10-18(20)27-3)19(25)17(11-24)23-21(26)28-12-14-7-5-4-6-8-14/h4-10,13,17,19,24-25H,11-12H2,1-3H3,(H,23,26)/t17-,19-/m1/s1. The van der Waals surface area contributed by atoms with Crippen LogP contribution in [-0.4, -0.2) is 42.2 Å². The van der Waals surface area contributed by atoms with E-state index in [4.69, 9.17) is 14.2 Å². The van der Waals surface area contributed by atoms with Gasteiger partial charge >= 0.3 is 6.09 Å². The Morgan fingerprint density at radius 1 is 1.21 bits per heavy atom. The van der Waals surface area contributed by atoms with Crippen LogP contribution in [0.5, 0.6) is 11.5 Å². The minimum atomic E-state index is -1.40. The fraction of sp³-hybridized carbons (Fsp3) is 0.381. The number of ether oxygens (including phenoxy) is 3. The summed E-state index contributed by atoms with van der Waals surface area (Å²) in [6, 6.07) is 10.4. The Labute approximate surface area is 169 Å². The van der Waals surface area contributed by atoms with Crippen LogP contribution >= 0.6 is 0 Å². The molecule has 0 aliphatic heterocycles. The highest BCUT2D eigenvalue weighted by atomic mass is 19.1. The van der Waals surface area contributed by atoms with Gasteiger partial charge < -0.3 is 29.7 Å². The molecule has 0 aliphatic rings. The SMILES string of the molecule is COc1cc([C@@H](O)[C@@H](CO)NC(=O)OCc2ccccc2)cc(F)c1OC(C)C. The van der Waals surface area contributed by atoms with E-state index in [9.17, 15) is 19.4 Å². The molecule has 29 heavy (non-hydrogen) atoms. The first-order valence-corrected chi connectivity index (χ1v) is 9.16. The molecular formula is C21H26FNO6. The first-order valence-electron chi connectivity index (χ1n) is 9.16. The molecule has 0 bridgehead atoms. The first kappa shape index (κ1) is 22.4. The molecule has 2 aromatic rings. The van der Waals surface area contributed by atoms with Crippen LogP contribution in [0.4, 0.5) is 9.18 Å². The molecule has 158 valence electrons. The third-order valence-electron chi connectivity index (χ3n) is 4.04. The lowest BCUT2D eigenvalue weighted by molar-refractivity contribution is 0.0759. The van der Waals surface area contributed by atoms with E-state index in [0.29, 0.717) is 0 Å². The van der Waals surface area contributed by atoms with Crippen LogP contribution in [0.2, 0.25) is 0 Å². The summed E-state index contributed by atoms with van der Waals surface area (Å²) in [5.74, 6) is -0.708. The van der Waals surface area contributed by atoms with Gasteiger partial charge in [0.1, 0.15) is 12.7 Å². The lowest BCUT2D eigenvalue weighted by Gasteiger charge is -2.23. The number of methoxy groups -OCH3 is 1. The predicted molar refractivity (Wildman–Crippen MR) is 104 cm³/mol. The number of carbonyl (C=O) groups is 1. The fourth-order valence-electron chi connectivity index (χ4n) is 2.63. The Morgan fingerprint density at radius 2 is 1.90 bits per heavy atom. The molecule has 0 fully saturated rings. The minimum Gasteiger partial charge on any atom is -0.493 e. The van der Waals surface area contributed by atoms with Crippen molar-refractivity contribution in [3.8, 4) is 11.5 Å². The van der Waals surface area contributed by atoms with Gasteiger partial charge in [0.25, 0.3) is 0 Å². The Morgan fingerprint density at radius 3 is 2.48 bits per heavy atom. The van der Waals surface area contributed by atoms with Gasteiger partial charge in [-0.3, -0.25) is 0 Å². The van der Waals surface area contributed by atoms with Gasteiger partial charge in [0, 0.05) is 0 Å². The van der Waals surface area contributed by atoms with Crippen molar-refractivity contribution < 1.29 is 33.6 Å². The number of halogens is 1. The van der Waals surface area contributed by atoms with Crippen molar-refractivity contribution in [1.29, 1.82) is 0 Å². The Bertz CT molecular complexity index is 799. The Hall–Kier alpha value is -2.84. The van der Waals surface area contributed by atoms with E-state index in [2.05, 4.69) is 5.32 Å². The summed E-state index contributed by atoms with van der Waals surface area (Å²) in [4.78, 5) is 12.0. The lowest BCUT2D eigenvalue weighted by Crippen LogP contribution is -2.42. The monoisotopic (exact) mass is 407 g/mol. The van der Waals surface area contributed by atoms with Crippen molar-refractivity contribution in [2.75, 3.05) is 13.7 Å². The molecule has 0 aromatic heterocycles. The summed E-state index contributed by atoms with van der Waals surface area (Å²) in [5, 5.41) is 22.5. The number of amides is 1. The molecule has 2 rings (SSSR count). The number of aliphatic hydroxyl groups is 2. The molecular weight excluding hydrogens is 381 g/mol. The average molecular weight is 407 g/mol. The Kier molecular flexibility index (Phi) is 8.23. The van der Waals surface area contributed by atoms with Gasteiger partial charge in [-0.15, -0.1) is 0 Å². The van der Waals surface area contributed by atoms with Crippen molar-refractivity contribution in [3.05, 3.63) is 59.4 Å². The Balaban J connectivity index is 2.08. The quantitative estimate of drug-likeness (QED) is 0.591. The average Bonchev–Trinajstić information content (AvgIpc) is 2.71. The van der Waals surface area contributed by atoms with Crippen molar-refractivity contribution in [2.45, 2.75) is 38.7 Å². The largest absolute Gasteiger partial charge is 0.493 e. The summed E-state index contributed by atoms with van der Waals surface area (Å²) in [6.07, 6.45) is -2.50. The minimum absolute atomic E-state index is 0.0323. The summed E-state index contributed by atoms with van der Waals surface area (Å²) in [6.45, 7) is 2.93. The van der Waals surface area contributed by atoms with Crippen LogP contribution in [0, 0.1) is 5.82 Å². The van der Waals surface area contributed by atoms with E-state index in [0.717, 1.165) is 11.6 Å².